The first kappa shape index (κ1) is 25.4. The van der Waals surface area contributed by atoms with Crippen molar-refractivity contribution in [3.63, 3.8) is 0 Å². The molecule has 5 N–H and O–H groups in total. The highest BCUT2D eigenvalue weighted by Crippen LogP contribution is 2.23. The summed E-state index contributed by atoms with van der Waals surface area (Å²) in [6, 6.07) is 3.41. The van der Waals surface area contributed by atoms with Gasteiger partial charge in [0.1, 0.15) is 23.6 Å². The number of pyridine rings is 1. The highest BCUT2D eigenvalue weighted by Gasteiger charge is 2.27. The minimum Gasteiger partial charge on any atom is -0.387 e. The van der Waals surface area contributed by atoms with E-state index >= 15 is 0 Å². The average Bonchev–Trinajstić information content (AvgIpc) is 2.70. The monoisotopic (exact) mass is 458 g/mol. The number of aromatic nitrogens is 3. The fourth-order valence-electron chi connectivity index (χ4n) is 2.56. The molecule has 0 saturated carbocycles. The van der Waals surface area contributed by atoms with Gasteiger partial charge in [0.25, 0.3) is 5.91 Å². The van der Waals surface area contributed by atoms with Crippen LogP contribution in [0.1, 0.15) is 50.5 Å². The van der Waals surface area contributed by atoms with Crippen LogP contribution in [0.3, 0.4) is 0 Å². The lowest BCUT2D eigenvalue weighted by Gasteiger charge is -2.23. The van der Waals surface area contributed by atoms with Crippen LogP contribution in [-0.2, 0) is 4.79 Å². The summed E-state index contributed by atoms with van der Waals surface area (Å²) < 4.78 is 14.0. The van der Waals surface area contributed by atoms with Crippen molar-refractivity contribution in [3.8, 4) is 6.07 Å². The number of rotatable bonds is 9. The molecule has 2 aromatic rings. The third kappa shape index (κ3) is 7.36. The van der Waals surface area contributed by atoms with E-state index in [1.54, 1.807) is 6.07 Å². The number of alkyl halides is 1. The summed E-state index contributed by atoms with van der Waals surface area (Å²) in [4.78, 5) is 36.3. The minimum absolute atomic E-state index is 0.0327. The fraction of sp³-hybridized carbons (Fsp3) is 0.429. The number of nitrogens with one attached hydrogen (secondary N) is 4. The molecular weight excluding hydrogens is 431 g/mol. The van der Waals surface area contributed by atoms with E-state index < -0.39 is 23.6 Å². The van der Waals surface area contributed by atoms with Crippen LogP contribution in [0.15, 0.2) is 18.5 Å². The minimum atomic E-state index is -1.65. The molecule has 0 spiro atoms. The van der Waals surface area contributed by atoms with E-state index in [9.17, 15) is 19.1 Å². The highest BCUT2D eigenvalue weighted by atomic mass is 19.1. The molecule has 1 unspecified atom stereocenters. The van der Waals surface area contributed by atoms with E-state index in [0.29, 0.717) is 5.69 Å². The second-order valence-electron chi connectivity index (χ2n) is 8.12. The number of carbonyl (C=O) groups is 2. The predicted octanol–water partition coefficient (Wildman–Crippen LogP) is 2.10. The molecule has 0 aliphatic heterocycles. The molecule has 33 heavy (non-hydrogen) atoms. The largest absolute Gasteiger partial charge is 0.387 e. The number of anilines is 4. The van der Waals surface area contributed by atoms with E-state index in [1.165, 1.54) is 33.2 Å². The molecule has 2 aromatic heterocycles. The van der Waals surface area contributed by atoms with Crippen molar-refractivity contribution in [1.82, 2.24) is 20.3 Å². The molecule has 0 aliphatic rings. The van der Waals surface area contributed by atoms with Gasteiger partial charge in [-0.3, -0.25) is 9.59 Å². The molecule has 0 saturated heterocycles. The molecule has 0 radical (unpaired) electrons. The van der Waals surface area contributed by atoms with Crippen LogP contribution in [0.5, 0.6) is 0 Å². The molecule has 11 nitrogen and oxygen atoms in total. The van der Waals surface area contributed by atoms with E-state index in [-0.39, 0.29) is 41.3 Å². The lowest BCUT2D eigenvalue weighted by molar-refractivity contribution is -0.114. The van der Waals surface area contributed by atoms with Gasteiger partial charge in [-0.2, -0.15) is 10.2 Å². The van der Waals surface area contributed by atoms with E-state index in [0.717, 1.165) is 0 Å². The Kier molecular flexibility index (Phi) is 8.20. The fourth-order valence-corrected chi connectivity index (χ4v) is 2.56. The molecule has 0 bridgehead atoms. The zero-order valence-electron chi connectivity index (χ0n) is 19.0. The van der Waals surface area contributed by atoms with Crippen LogP contribution in [0, 0.1) is 11.3 Å². The van der Waals surface area contributed by atoms with Crippen molar-refractivity contribution < 1.29 is 19.1 Å². The van der Waals surface area contributed by atoms with Gasteiger partial charge in [-0.25, -0.2) is 14.4 Å². The van der Waals surface area contributed by atoms with E-state index in [1.807, 2.05) is 19.9 Å². The van der Waals surface area contributed by atoms with Crippen molar-refractivity contribution in [2.45, 2.75) is 52.4 Å². The summed E-state index contributed by atoms with van der Waals surface area (Å²) in [5.74, 6) is -0.553. The quantitative estimate of drug-likeness (QED) is 0.378. The van der Waals surface area contributed by atoms with Gasteiger partial charge in [0.05, 0.1) is 29.6 Å². The number of halogens is 1. The summed E-state index contributed by atoms with van der Waals surface area (Å²) in [6.45, 7) is 7.32. The lowest BCUT2D eigenvalue weighted by Crippen LogP contribution is -2.42. The molecular formula is C21H27FN8O3. The first-order valence-corrected chi connectivity index (χ1v) is 10.1. The Hall–Kier alpha value is -3.85. The van der Waals surface area contributed by atoms with Gasteiger partial charge < -0.3 is 26.4 Å². The standard InChI is InChI=1S/C21H27FN8O3/c1-11(2)27-15-6-17(24-9-14(15)19(32)25-10-16(22)21(4,5)33)29-20-26-8-13(7-23)18(30-20)28-12(3)31/h6,8-9,11,16,33H,10H2,1-5H3,(H,25,32)(H3,24,26,27,28,29,30,31). The molecule has 12 heteroatoms. The molecule has 2 amide bonds. The van der Waals surface area contributed by atoms with E-state index in [4.69, 9.17) is 5.26 Å². The van der Waals surface area contributed by atoms with Crippen molar-refractivity contribution >= 4 is 35.1 Å². The van der Waals surface area contributed by atoms with Gasteiger partial charge in [-0.15, -0.1) is 0 Å². The third-order valence-electron chi connectivity index (χ3n) is 4.24. The Balaban J connectivity index is 2.27. The normalized spacial score (nSPS) is 12.0. The maximum Gasteiger partial charge on any atom is 0.255 e. The van der Waals surface area contributed by atoms with Crippen molar-refractivity contribution in [2.24, 2.45) is 0 Å². The Morgan fingerprint density at radius 3 is 2.55 bits per heavy atom. The molecule has 2 rings (SSSR count). The summed E-state index contributed by atoms with van der Waals surface area (Å²) >= 11 is 0. The molecule has 1 atom stereocenters. The van der Waals surface area contributed by atoms with Crippen LogP contribution >= 0.6 is 0 Å². The van der Waals surface area contributed by atoms with Gasteiger partial charge in [0.15, 0.2) is 5.82 Å². The Bertz CT molecular complexity index is 1060. The number of nitrogens with zero attached hydrogens (tertiary/aromatic N) is 4. The molecule has 0 aromatic carbocycles. The number of amides is 2. The first-order valence-electron chi connectivity index (χ1n) is 10.1. The Labute approximate surface area is 190 Å². The zero-order chi connectivity index (χ0) is 24.8. The second-order valence-corrected chi connectivity index (χ2v) is 8.12. The summed E-state index contributed by atoms with van der Waals surface area (Å²) in [7, 11) is 0. The van der Waals surface area contributed by atoms with Crippen LogP contribution in [0.25, 0.3) is 0 Å². The van der Waals surface area contributed by atoms with Crippen molar-refractivity contribution in [1.29, 1.82) is 5.26 Å². The topological polar surface area (TPSA) is 165 Å². The Morgan fingerprint density at radius 1 is 1.27 bits per heavy atom. The van der Waals surface area contributed by atoms with E-state index in [2.05, 4.69) is 36.2 Å². The number of aliphatic hydroxyl groups is 1. The number of carbonyl (C=O) groups excluding carboxylic acids is 2. The molecule has 2 heterocycles. The summed E-state index contributed by atoms with van der Waals surface area (Å²) in [5, 5.41) is 29.8. The van der Waals surface area contributed by atoms with Gasteiger partial charge >= 0.3 is 0 Å². The second kappa shape index (κ2) is 10.6. The van der Waals surface area contributed by atoms with Gasteiger partial charge in [0, 0.05) is 25.2 Å². The summed E-state index contributed by atoms with van der Waals surface area (Å²) in [5.41, 5.74) is -0.892. The number of nitriles is 1. The number of hydrogen-bond donors (Lipinski definition) is 5. The van der Waals surface area contributed by atoms with Gasteiger partial charge in [-0.1, -0.05) is 0 Å². The van der Waals surface area contributed by atoms with Crippen molar-refractivity contribution in [2.75, 3.05) is 22.5 Å². The molecule has 0 aliphatic carbocycles. The third-order valence-corrected chi connectivity index (χ3v) is 4.24. The van der Waals surface area contributed by atoms with Crippen LogP contribution in [0.4, 0.5) is 27.7 Å². The summed E-state index contributed by atoms with van der Waals surface area (Å²) in [6.07, 6.45) is 0.910. The van der Waals surface area contributed by atoms with Crippen LogP contribution in [-0.4, -0.2) is 56.2 Å². The Morgan fingerprint density at radius 2 is 1.97 bits per heavy atom. The highest BCUT2D eigenvalue weighted by molar-refractivity contribution is 5.99. The lowest BCUT2D eigenvalue weighted by atomic mass is 10.0. The molecule has 0 fully saturated rings. The number of hydrogen-bond acceptors (Lipinski definition) is 9. The SMILES string of the molecule is CC(=O)Nc1nc(Nc2cc(NC(C)C)c(C(=O)NCC(F)C(C)(C)O)cn2)ncc1C#N. The van der Waals surface area contributed by atoms with Crippen LogP contribution < -0.4 is 21.3 Å². The predicted molar refractivity (Wildman–Crippen MR) is 121 cm³/mol. The van der Waals surface area contributed by atoms with Gasteiger partial charge in [0.2, 0.25) is 11.9 Å². The van der Waals surface area contributed by atoms with Crippen molar-refractivity contribution in [3.05, 3.63) is 29.6 Å². The van der Waals surface area contributed by atoms with Crippen LogP contribution in [0.2, 0.25) is 0 Å². The maximum atomic E-state index is 14.0. The first-order chi connectivity index (χ1) is 15.4. The smallest absolute Gasteiger partial charge is 0.255 e. The molecule has 176 valence electrons. The average molecular weight is 458 g/mol. The van der Waals surface area contributed by atoms with Gasteiger partial charge in [-0.05, 0) is 27.7 Å². The maximum absolute atomic E-state index is 14.0. The zero-order valence-corrected chi connectivity index (χ0v) is 19.0.